The van der Waals surface area contributed by atoms with Crippen LogP contribution in [0.15, 0.2) is 0 Å². The molecule has 0 aromatic carbocycles. The van der Waals surface area contributed by atoms with E-state index in [1.165, 1.54) is 43.4 Å². The number of aliphatic hydroxyl groups excluding tert-OH is 1. The van der Waals surface area contributed by atoms with E-state index in [1.54, 1.807) is 0 Å². The zero-order valence-electron chi connectivity index (χ0n) is 14.3. The summed E-state index contributed by atoms with van der Waals surface area (Å²) < 4.78 is 8.00. The third kappa shape index (κ3) is 2.28. The Kier molecular flexibility index (Phi) is 3.98. The first-order valence-electron chi connectivity index (χ1n) is 9.16. The minimum absolute atomic E-state index is 0.141. The minimum atomic E-state index is 0.141. The molecule has 5 nitrogen and oxygen atoms in total. The second kappa shape index (κ2) is 5.87. The summed E-state index contributed by atoms with van der Waals surface area (Å²) in [5, 5.41) is 17.6. The van der Waals surface area contributed by atoms with E-state index >= 15 is 0 Å². The molecule has 3 aliphatic rings. The molecule has 1 aromatic heterocycles. The lowest BCUT2D eigenvalue weighted by atomic mass is 9.54. The molecule has 2 N–H and O–H groups in total. The van der Waals surface area contributed by atoms with Crippen LogP contribution in [0.1, 0.15) is 49.1 Å². The average Bonchev–Trinajstić information content (AvgIpc) is 3.22. The van der Waals surface area contributed by atoms with Crippen LogP contribution in [0.25, 0.3) is 0 Å². The quantitative estimate of drug-likeness (QED) is 0.871. The van der Waals surface area contributed by atoms with Crippen molar-refractivity contribution in [1.29, 1.82) is 0 Å². The summed E-state index contributed by atoms with van der Waals surface area (Å²) in [4.78, 5) is 0. The van der Waals surface area contributed by atoms with Crippen LogP contribution in [0.5, 0.6) is 0 Å². The lowest BCUT2D eigenvalue weighted by molar-refractivity contribution is -0.130. The van der Waals surface area contributed by atoms with Crippen molar-refractivity contribution in [3.05, 3.63) is 17.0 Å². The van der Waals surface area contributed by atoms with E-state index in [4.69, 9.17) is 9.84 Å². The SMILES string of the molecule is Cc1nn(CCO)c(C)c1CNC1C2CCOC2C12CCCC2. The molecule has 0 amide bonds. The number of nitrogens with zero attached hydrogens (tertiary/aromatic N) is 2. The Bertz CT molecular complexity index is 577. The molecule has 4 rings (SSSR count). The first-order chi connectivity index (χ1) is 11.2. The molecule has 2 saturated carbocycles. The normalized spacial score (nSPS) is 31.5. The third-order valence-corrected chi connectivity index (χ3v) is 6.63. The lowest BCUT2D eigenvalue weighted by Gasteiger charge is -2.57. The van der Waals surface area contributed by atoms with E-state index < -0.39 is 0 Å². The number of nitrogens with one attached hydrogen (secondary N) is 1. The number of aryl methyl sites for hydroxylation is 1. The molecule has 1 aliphatic heterocycles. The van der Waals surface area contributed by atoms with Gasteiger partial charge in [-0.1, -0.05) is 12.8 Å². The summed E-state index contributed by atoms with van der Waals surface area (Å²) in [7, 11) is 0. The maximum Gasteiger partial charge on any atom is 0.0690 e. The standard InChI is InChI=1S/C18H29N3O2/c1-12-15(13(2)21(20-12)8-9-22)11-19-16-14-5-10-23-17(14)18(16)6-3-4-7-18/h14,16-17,19,22H,3-11H2,1-2H3. The Labute approximate surface area is 138 Å². The Balaban J connectivity index is 1.48. The van der Waals surface area contributed by atoms with Crippen molar-refractivity contribution in [1.82, 2.24) is 15.1 Å². The summed E-state index contributed by atoms with van der Waals surface area (Å²) in [5.41, 5.74) is 3.98. The maximum absolute atomic E-state index is 9.16. The molecule has 5 heteroatoms. The molecule has 23 heavy (non-hydrogen) atoms. The second-order valence-corrected chi connectivity index (χ2v) is 7.64. The number of hydrogen-bond donors (Lipinski definition) is 2. The van der Waals surface area contributed by atoms with E-state index in [2.05, 4.69) is 24.3 Å². The highest BCUT2D eigenvalue weighted by molar-refractivity contribution is 5.25. The predicted octanol–water partition coefficient (Wildman–Crippen LogP) is 1.93. The van der Waals surface area contributed by atoms with Crippen LogP contribution < -0.4 is 5.32 Å². The molecule has 2 heterocycles. The van der Waals surface area contributed by atoms with Gasteiger partial charge in [0.1, 0.15) is 0 Å². The maximum atomic E-state index is 9.16. The fourth-order valence-corrected chi connectivity index (χ4v) is 5.52. The molecule has 3 fully saturated rings. The van der Waals surface area contributed by atoms with Gasteiger partial charge in [0.25, 0.3) is 0 Å². The van der Waals surface area contributed by atoms with Crippen molar-refractivity contribution in [3.63, 3.8) is 0 Å². The van der Waals surface area contributed by atoms with Gasteiger partial charge in [0.2, 0.25) is 0 Å². The van der Waals surface area contributed by atoms with Gasteiger partial charge in [-0.2, -0.15) is 5.10 Å². The van der Waals surface area contributed by atoms with Crippen molar-refractivity contribution >= 4 is 0 Å². The molecule has 3 atom stereocenters. The highest BCUT2D eigenvalue weighted by atomic mass is 16.5. The van der Waals surface area contributed by atoms with E-state index in [1.807, 2.05) is 4.68 Å². The van der Waals surface area contributed by atoms with Crippen molar-refractivity contribution < 1.29 is 9.84 Å². The fraction of sp³-hybridized carbons (Fsp3) is 0.833. The number of aromatic nitrogens is 2. The number of ether oxygens (including phenoxy) is 1. The number of aliphatic hydroxyl groups is 1. The van der Waals surface area contributed by atoms with Crippen molar-refractivity contribution in [3.8, 4) is 0 Å². The van der Waals surface area contributed by atoms with Crippen LogP contribution in [0.3, 0.4) is 0 Å². The summed E-state index contributed by atoms with van der Waals surface area (Å²) in [6.07, 6.45) is 7.10. The zero-order chi connectivity index (χ0) is 16.0. The molecule has 0 radical (unpaired) electrons. The van der Waals surface area contributed by atoms with Gasteiger partial charge < -0.3 is 15.2 Å². The van der Waals surface area contributed by atoms with Gasteiger partial charge in [-0.3, -0.25) is 4.68 Å². The van der Waals surface area contributed by atoms with Crippen LogP contribution in [0.4, 0.5) is 0 Å². The number of fused-ring (bicyclic) bond motifs is 2. The first-order valence-corrected chi connectivity index (χ1v) is 9.16. The summed E-state index contributed by atoms with van der Waals surface area (Å²) >= 11 is 0. The second-order valence-electron chi connectivity index (χ2n) is 7.64. The van der Waals surface area contributed by atoms with Gasteiger partial charge in [0.15, 0.2) is 0 Å². The number of hydrogen-bond acceptors (Lipinski definition) is 4. The Morgan fingerprint density at radius 1 is 1.35 bits per heavy atom. The van der Waals surface area contributed by atoms with E-state index in [0.29, 0.717) is 30.0 Å². The van der Waals surface area contributed by atoms with Crippen LogP contribution in [-0.2, 0) is 17.8 Å². The summed E-state index contributed by atoms with van der Waals surface area (Å²) in [6, 6.07) is 0.609. The van der Waals surface area contributed by atoms with E-state index in [9.17, 15) is 0 Å². The average molecular weight is 319 g/mol. The highest BCUT2D eigenvalue weighted by Crippen LogP contribution is 2.60. The zero-order valence-corrected chi connectivity index (χ0v) is 14.3. The summed E-state index contributed by atoms with van der Waals surface area (Å²) in [5.74, 6) is 0.709. The van der Waals surface area contributed by atoms with Crippen LogP contribution in [-0.4, -0.2) is 40.2 Å². The van der Waals surface area contributed by atoms with Crippen molar-refractivity contribution in [2.24, 2.45) is 11.3 Å². The topological polar surface area (TPSA) is 59.3 Å². The molecule has 0 bridgehead atoms. The van der Waals surface area contributed by atoms with Crippen molar-refractivity contribution in [2.75, 3.05) is 13.2 Å². The van der Waals surface area contributed by atoms with Gasteiger partial charge in [-0.05, 0) is 33.1 Å². The Morgan fingerprint density at radius 3 is 2.87 bits per heavy atom. The van der Waals surface area contributed by atoms with Gasteiger partial charge in [0, 0.05) is 41.8 Å². The van der Waals surface area contributed by atoms with Crippen LogP contribution >= 0.6 is 0 Å². The van der Waals surface area contributed by atoms with Gasteiger partial charge in [0.05, 0.1) is 24.9 Å². The Morgan fingerprint density at radius 2 is 2.13 bits per heavy atom. The third-order valence-electron chi connectivity index (χ3n) is 6.63. The van der Waals surface area contributed by atoms with Gasteiger partial charge >= 0.3 is 0 Å². The molecular weight excluding hydrogens is 290 g/mol. The fourth-order valence-electron chi connectivity index (χ4n) is 5.52. The summed E-state index contributed by atoms with van der Waals surface area (Å²) in [6.45, 7) is 6.74. The highest BCUT2D eigenvalue weighted by Gasteiger charge is 2.64. The Hall–Kier alpha value is -0.910. The van der Waals surface area contributed by atoms with Gasteiger partial charge in [-0.15, -0.1) is 0 Å². The molecule has 2 aliphatic carbocycles. The van der Waals surface area contributed by atoms with E-state index in [-0.39, 0.29) is 6.61 Å². The van der Waals surface area contributed by atoms with Crippen LogP contribution in [0, 0.1) is 25.2 Å². The predicted molar refractivity (Wildman–Crippen MR) is 88.2 cm³/mol. The van der Waals surface area contributed by atoms with Gasteiger partial charge in [-0.25, -0.2) is 0 Å². The molecule has 1 spiro atoms. The van der Waals surface area contributed by atoms with E-state index in [0.717, 1.165) is 18.8 Å². The molecule has 3 unspecified atom stereocenters. The molecule has 1 saturated heterocycles. The molecule has 1 aromatic rings. The molecular formula is C18H29N3O2. The van der Waals surface area contributed by atoms with Crippen molar-refractivity contribution in [2.45, 2.75) is 71.2 Å². The molecule has 128 valence electrons. The lowest BCUT2D eigenvalue weighted by Crippen LogP contribution is -2.67. The largest absolute Gasteiger partial charge is 0.394 e. The first kappa shape index (κ1) is 15.6. The number of rotatable bonds is 5. The minimum Gasteiger partial charge on any atom is -0.394 e. The van der Waals surface area contributed by atoms with Crippen LogP contribution in [0.2, 0.25) is 0 Å². The smallest absolute Gasteiger partial charge is 0.0690 e. The monoisotopic (exact) mass is 319 g/mol.